The lowest BCUT2D eigenvalue weighted by atomic mass is 10.0. The van der Waals surface area contributed by atoms with E-state index in [4.69, 9.17) is 10.7 Å². The van der Waals surface area contributed by atoms with E-state index in [1.165, 1.54) is 24.3 Å². The SMILES string of the molecule is CC(=O)N[C@@H](Cc1ccc2ccc3cccnc3c2n1)C(=O)N[C@H](C(=O)N1CCC[C@@H]1C(=O)N[C@@H](CO)C(=O)N[C@@H](Cc1ccccc1)C(=O)N[C@@H](Cc1cnc[nH]1)C(N)=O)C(C)C. The van der Waals surface area contributed by atoms with Gasteiger partial charge in [-0.15, -0.1) is 0 Å². The number of fused-ring (bicyclic) bond motifs is 3. The molecule has 336 valence electrons. The predicted octanol–water partition coefficient (Wildman–Crippen LogP) is 0.103. The molecule has 0 saturated carbocycles. The number of carbonyl (C=O) groups excluding carboxylic acids is 7. The molecule has 4 heterocycles. The molecule has 1 saturated heterocycles. The molecule has 9 N–H and O–H groups in total. The quantitative estimate of drug-likeness (QED) is 0.0515. The molecule has 0 bridgehead atoms. The van der Waals surface area contributed by atoms with Crippen LogP contribution < -0.4 is 32.3 Å². The van der Waals surface area contributed by atoms with Gasteiger partial charge in [0.1, 0.15) is 36.3 Å². The van der Waals surface area contributed by atoms with E-state index >= 15 is 0 Å². The van der Waals surface area contributed by atoms with Crippen LogP contribution in [0.5, 0.6) is 0 Å². The average Bonchev–Trinajstić information content (AvgIpc) is 4.00. The Hall–Kier alpha value is -7.28. The molecule has 0 unspecified atom stereocenters. The Bertz CT molecular complexity index is 2480. The molecule has 3 aromatic heterocycles. The van der Waals surface area contributed by atoms with Crippen LogP contribution in [-0.4, -0.2) is 121 Å². The first-order valence-corrected chi connectivity index (χ1v) is 21.1. The fraction of sp³-hybridized carbons (Fsp3) is 0.378. The van der Waals surface area contributed by atoms with Crippen LogP contribution in [0.3, 0.4) is 0 Å². The van der Waals surface area contributed by atoms with E-state index in [-0.39, 0.29) is 32.2 Å². The lowest BCUT2D eigenvalue weighted by Crippen LogP contribution is -2.61. The number of nitrogens with zero attached hydrogens (tertiary/aromatic N) is 4. The number of aromatic nitrogens is 4. The van der Waals surface area contributed by atoms with E-state index in [9.17, 15) is 38.7 Å². The number of benzene rings is 2. The molecule has 0 spiro atoms. The smallest absolute Gasteiger partial charge is 0.246 e. The molecule has 0 aliphatic carbocycles. The highest BCUT2D eigenvalue weighted by Gasteiger charge is 2.41. The van der Waals surface area contributed by atoms with Crippen molar-refractivity contribution in [2.24, 2.45) is 11.7 Å². The third-order valence-electron chi connectivity index (χ3n) is 11.0. The molecule has 1 aliphatic heterocycles. The number of primary amides is 1. The molecule has 7 amide bonds. The van der Waals surface area contributed by atoms with Crippen LogP contribution in [0.4, 0.5) is 0 Å². The van der Waals surface area contributed by atoms with Crippen LogP contribution in [0.2, 0.25) is 0 Å². The number of carbonyl (C=O) groups is 7. The molecule has 19 nitrogen and oxygen atoms in total. The second-order valence-electron chi connectivity index (χ2n) is 16.1. The lowest BCUT2D eigenvalue weighted by Gasteiger charge is -2.32. The lowest BCUT2D eigenvalue weighted by molar-refractivity contribution is -0.143. The van der Waals surface area contributed by atoms with Gasteiger partial charge in [0.05, 0.1) is 24.0 Å². The van der Waals surface area contributed by atoms with Crippen LogP contribution in [-0.2, 0) is 52.8 Å². The molecule has 19 heteroatoms. The number of aromatic amines is 1. The zero-order valence-corrected chi connectivity index (χ0v) is 35.7. The minimum absolute atomic E-state index is 0.00765. The maximum atomic E-state index is 14.2. The molecule has 1 aliphatic rings. The number of hydrogen-bond donors (Lipinski definition) is 8. The normalized spacial score (nSPS) is 16.0. The Balaban J connectivity index is 1.13. The van der Waals surface area contributed by atoms with E-state index in [0.717, 1.165) is 10.8 Å². The number of pyridine rings is 2. The number of likely N-dealkylation sites (tertiary alicyclic amines) is 1. The zero-order valence-electron chi connectivity index (χ0n) is 35.7. The average molecular weight is 876 g/mol. The molecular weight excluding hydrogens is 823 g/mol. The molecule has 1 fully saturated rings. The standard InChI is InChI=1S/C45H53N11O8/c1-25(2)37(55-42(61)34(50-26(3)58)20-30-16-15-29-14-13-28-11-7-17-48-38(28)39(29)51-30)45(64)56-18-8-12-36(56)44(63)54-35(23-57)43(62)53-33(19-27-9-5-4-6-10-27)41(60)52-32(40(46)59)21-31-22-47-24-49-31/h4-7,9-11,13-17,22,24-25,32-37,57H,8,12,18-21,23H2,1-3H3,(H2,46,59)(H,47,49)(H,50,58)(H,52,60)(H,53,62)(H,54,63)(H,55,61)/t32-,33-,34-,35-,36+,37-/m0/s1. The first kappa shape index (κ1) is 46.2. The number of nitrogens with one attached hydrogen (secondary N) is 6. The molecular formula is C45H53N11O8. The maximum Gasteiger partial charge on any atom is 0.246 e. The molecule has 2 aromatic carbocycles. The summed E-state index contributed by atoms with van der Waals surface area (Å²) in [6.45, 7) is 4.08. The third-order valence-corrected chi connectivity index (χ3v) is 11.0. The van der Waals surface area contributed by atoms with Crippen molar-refractivity contribution in [2.45, 2.75) is 89.1 Å². The van der Waals surface area contributed by atoms with Crippen LogP contribution in [0.1, 0.15) is 50.6 Å². The van der Waals surface area contributed by atoms with Gasteiger partial charge < -0.3 is 47.3 Å². The van der Waals surface area contributed by atoms with Crippen LogP contribution in [0.15, 0.2) is 85.5 Å². The fourth-order valence-corrected chi connectivity index (χ4v) is 7.70. The Morgan fingerprint density at radius 2 is 1.45 bits per heavy atom. The van der Waals surface area contributed by atoms with Gasteiger partial charge in [-0.1, -0.05) is 68.4 Å². The second-order valence-corrected chi connectivity index (χ2v) is 16.1. The van der Waals surface area contributed by atoms with E-state index in [0.29, 0.717) is 34.4 Å². The molecule has 64 heavy (non-hydrogen) atoms. The Labute approximate surface area is 368 Å². The summed E-state index contributed by atoms with van der Waals surface area (Å²) in [5.74, 6) is -5.28. The third kappa shape index (κ3) is 11.6. The summed E-state index contributed by atoms with van der Waals surface area (Å²) in [4.78, 5) is 111. The molecule has 6 rings (SSSR count). The van der Waals surface area contributed by atoms with Crippen molar-refractivity contribution in [3.8, 4) is 0 Å². The predicted molar refractivity (Wildman–Crippen MR) is 234 cm³/mol. The van der Waals surface area contributed by atoms with E-state index in [1.807, 2.05) is 30.3 Å². The topological polar surface area (TPSA) is 284 Å². The maximum absolute atomic E-state index is 14.2. The molecule has 6 atom stereocenters. The van der Waals surface area contributed by atoms with Crippen molar-refractivity contribution in [2.75, 3.05) is 13.2 Å². The van der Waals surface area contributed by atoms with Crippen molar-refractivity contribution >= 4 is 63.2 Å². The first-order valence-electron chi connectivity index (χ1n) is 21.1. The van der Waals surface area contributed by atoms with Crippen molar-refractivity contribution in [3.63, 3.8) is 0 Å². The largest absolute Gasteiger partial charge is 0.394 e. The summed E-state index contributed by atoms with van der Waals surface area (Å²) < 4.78 is 0. The zero-order chi connectivity index (χ0) is 45.9. The van der Waals surface area contributed by atoms with E-state index in [2.05, 4.69) is 41.5 Å². The highest BCUT2D eigenvalue weighted by molar-refractivity contribution is 6.03. The minimum atomic E-state index is -1.54. The summed E-state index contributed by atoms with van der Waals surface area (Å²) in [5.41, 5.74) is 8.64. The Morgan fingerprint density at radius 1 is 0.781 bits per heavy atom. The van der Waals surface area contributed by atoms with Gasteiger partial charge in [0.25, 0.3) is 0 Å². The van der Waals surface area contributed by atoms with E-state index in [1.54, 1.807) is 56.4 Å². The summed E-state index contributed by atoms with van der Waals surface area (Å²) in [7, 11) is 0. The summed E-state index contributed by atoms with van der Waals surface area (Å²) in [6.07, 6.45) is 5.23. The Morgan fingerprint density at radius 3 is 2.12 bits per heavy atom. The highest BCUT2D eigenvalue weighted by Crippen LogP contribution is 2.24. The van der Waals surface area contributed by atoms with Crippen molar-refractivity contribution in [3.05, 3.63) is 102 Å². The number of aliphatic hydroxyl groups is 1. The van der Waals surface area contributed by atoms with E-state index < -0.39 is 90.1 Å². The number of hydrogen-bond acceptors (Lipinski definition) is 11. The monoisotopic (exact) mass is 875 g/mol. The minimum Gasteiger partial charge on any atom is -0.394 e. The molecule has 0 radical (unpaired) electrons. The highest BCUT2D eigenvalue weighted by atomic mass is 16.3. The van der Waals surface area contributed by atoms with Gasteiger partial charge in [-0.3, -0.25) is 43.5 Å². The van der Waals surface area contributed by atoms with Crippen molar-refractivity contribution in [1.29, 1.82) is 0 Å². The number of H-pyrrole nitrogens is 1. The van der Waals surface area contributed by atoms with Gasteiger partial charge in [-0.25, -0.2) is 4.98 Å². The van der Waals surface area contributed by atoms with Gasteiger partial charge in [-0.05, 0) is 36.5 Å². The number of aliphatic hydroxyl groups excluding tert-OH is 1. The van der Waals surface area contributed by atoms with Gasteiger partial charge in [-0.2, -0.15) is 0 Å². The first-order chi connectivity index (χ1) is 30.7. The number of nitrogens with two attached hydrogens (primary N) is 1. The van der Waals surface area contributed by atoms with Gasteiger partial charge in [0, 0.05) is 67.3 Å². The van der Waals surface area contributed by atoms with Gasteiger partial charge in [0.15, 0.2) is 0 Å². The summed E-state index contributed by atoms with van der Waals surface area (Å²) >= 11 is 0. The fourth-order valence-electron chi connectivity index (χ4n) is 7.70. The molecule has 5 aromatic rings. The van der Waals surface area contributed by atoms with Crippen LogP contribution in [0, 0.1) is 5.92 Å². The second kappa shape index (κ2) is 21.2. The number of imidazole rings is 1. The van der Waals surface area contributed by atoms with Gasteiger partial charge >= 0.3 is 0 Å². The Kier molecular flexibility index (Phi) is 15.3. The number of rotatable bonds is 19. The summed E-state index contributed by atoms with van der Waals surface area (Å²) in [6, 6.07) is 12.8. The van der Waals surface area contributed by atoms with Crippen molar-refractivity contribution in [1.82, 2.24) is 51.4 Å². The van der Waals surface area contributed by atoms with Crippen molar-refractivity contribution < 1.29 is 38.7 Å². The van der Waals surface area contributed by atoms with Crippen LogP contribution in [0.25, 0.3) is 21.8 Å². The van der Waals surface area contributed by atoms with Crippen LogP contribution >= 0.6 is 0 Å². The van der Waals surface area contributed by atoms with Gasteiger partial charge in [0.2, 0.25) is 41.4 Å². The summed E-state index contributed by atoms with van der Waals surface area (Å²) in [5, 5.41) is 25.3. The number of amides is 7.